The average Bonchev–Trinajstić information content (AvgIpc) is 3.08. The predicted molar refractivity (Wildman–Crippen MR) is 197 cm³/mol. The largest absolute Gasteiger partial charge is 0.372 e. The number of hydrogen-bond donors (Lipinski definition) is 2. The van der Waals surface area contributed by atoms with Crippen molar-refractivity contribution >= 4 is 22.7 Å². The molecule has 0 bridgehead atoms. The van der Waals surface area contributed by atoms with E-state index in [0.29, 0.717) is 5.92 Å². The van der Waals surface area contributed by atoms with Crippen molar-refractivity contribution in [1.82, 2.24) is 5.32 Å². The molecule has 4 heteroatoms. The van der Waals surface area contributed by atoms with Crippen LogP contribution in [0.4, 0.5) is 5.69 Å². The SMILES string of the molecule is CC.CCC(CC)=c1ccc2c(c1)Cc1cc(N(CC)CC)ccc1C=2c1cccc(C(=O)NCCC(CC)CC)c1.CN.[HH].[HH]. The maximum Gasteiger partial charge on any atom is 0.251 e. The van der Waals surface area contributed by atoms with Gasteiger partial charge in [0.2, 0.25) is 0 Å². The number of anilines is 1. The first-order chi connectivity index (χ1) is 21.5. The van der Waals surface area contributed by atoms with Crippen LogP contribution >= 0.6 is 0 Å². The molecule has 3 aromatic carbocycles. The fourth-order valence-corrected chi connectivity index (χ4v) is 6.28. The average molecular weight is 602 g/mol. The molecule has 0 spiro atoms. The van der Waals surface area contributed by atoms with Gasteiger partial charge in [0.25, 0.3) is 5.91 Å². The summed E-state index contributed by atoms with van der Waals surface area (Å²) in [5.41, 5.74) is 14.4. The summed E-state index contributed by atoms with van der Waals surface area (Å²) in [5, 5.41) is 5.82. The molecule has 4 nitrogen and oxygen atoms in total. The van der Waals surface area contributed by atoms with Crippen LogP contribution in [0.15, 0.2) is 60.7 Å². The van der Waals surface area contributed by atoms with E-state index in [1.54, 1.807) is 0 Å². The summed E-state index contributed by atoms with van der Waals surface area (Å²) in [4.78, 5) is 15.6. The van der Waals surface area contributed by atoms with E-state index in [0.717, 1.165) is 69.3 Å². The van der Waals surface area contributed by atoms with Crippen molar-refractivity contribution in [2.24, 2.45) is 11.7 Å². The van der Waals surface area contributed by atoms with Gasteiger partial charge in [-0.1, -0.05) is 96.4 Å². The molecule has 0 radical (unpaired) electrons. The Bertz CT molecular complexity index is 1450. The highest BCUT2D eigenvalue weighted by Crippen LogP contribution is 2.32. The highest BCUT2D eigenvalue weighted by Gasteiger charge is 2.21. The number of nitrogens with zero attached hydrogens (tertiary/aromatic N) is 1. The Labute approximate surface area is 271 Å². The number of amides is 1. The molecule has 0 aromatic heterocycles. The van der Waals surface area contributed by atoms with E-state index < -0.39 is 0 Å². The van der Waals surface area contributed by atoms with Crippen molar-refractivity contribution in [3.8, 4) is 0 Å². The molecule has 0 saturated heterocycles. The van der Waals surface area contributed by atoms with Crippen LogP contribution in [0.5, 0.6) is 0 Å². The molecule has 3 N–H and O–H groups in total. The monoisotopic (exact) mass is 601 g/mol. The summed E-state index contributed by atoms with van der Waals surface area (Å²) in [6, 6.07) is 22.2. The number of benzene rings is 3. The summed E-state index contributed by atoms with van der Waals surface area (Å²) >= 11 is 0. The number of nitrogens with one attached hydrogen (secondary N) is 1. The van der Waals surface area contributed by atoms with Gasteiger partial charge in [-0.05, 0) is 115 Å². The molecule has 1 aliphatic rings. The van der Waals surface area contributed by atoms with E-state index in [4.69, 9.17) is 0 Å². The van der Waals surface area contributed by atoms with Crippen molar-refractivity contribution < 1.29 is 7.65 Å². The van der Waals surface area contributed by atoms with Crippen molar-refractivity contribution in [1.29, 1.82) is 0 Å². The van der Waals surface area contributed by atoms with Crippen molar-refractivity contribution in [2.75, 3.05) is 31.6 Å². The Morgan fingerprint density at radius 3 is 2.16 bits per heavy atom. The van der Waals surface area contributed by atoms with Gasteiger partial charge < -0.3 is 16.0 Å². The zero-order valence-corrected chi connectivity index (χ0v) is 29.1. The van der Waals surface area contributed by atoms with Crippen molar-refractivity contribution in [2.45, 2.75) is 93.9 Å². The Hall–Kier alpha value is -3.37. The first-order valence-corrected chi connectivity index (χ1v) is 17.2. The van der Waals surface area contributed by atoms with Crippen LogP contribution in [0.25, 0.3) is 11.1 Å². The molecule has 1 amide bonds. The maximum atomic E-state index is 13.2. The maximum absolute atomic E-state index is 13.2. The topological polar surface area (TPSA) is 58.4 Å². The zero-order valence-electron chi connectivity index (χ0n) is 29.1. The van der Waals surface area contributed by atoms with Gasteiger partial charge in [-0.2, -0.15) is 0 Å². The van der Waals surface area contributed by atoms with Crippen LogP contribution < -0.4 is 26.4 Å². The minimum absolute atomic E-state index is 0. The molecular formula is C40H63N3O. The number of fused-ring (bicyclic) bond motifs is 2. The molecule has 0 aliphatic heterocycles. The molecule has 0 saturated carbocycles. The second-order valence-electron chi connectivity index (χ2n) is 11.1. The third-order valence-corrected chi connectivity index (χ3v) is 8.91. The molecule has 4 rings (SSSR count). The quantitative estimate of drug-likeness (QED) is 0.172. The molecular weight excluding hydrogens is 538 g/mol. The molecule has 0 atom stereocenters. The third kappa shape index (κ3) is 8.85. The minimum Gasteiger partial charge on any atom is -0.372 e. The van der Waals surface area contributed by atoms with Gasteiger partial charge in [-0.15, -0.1) is 0 Å². The third-order valence-electron chi connectivity index (χ3n) is 8.91. The normalized spacial score (nSPS) is 11.4. The highest BCUT2D eigenvalue weighted by atomic mass is 16.1. The molecule has 0 heterocycles. The van der Waals surface area contributed by atoms with E-state index in [9.17, 15) is 4.79 Å². The second-order valence-corrected chi connectivity index (χ2v) is 11.1. The highest BCUT2D eigenvalue weighted by molar-refractivity contribution is 5.96. The fraction of sp³-hybridized carbons (Fsp3) is 0.475. The van der Waals surface area contributed by atoms with E-state index in [-0.39, 0.29) is 8.76 Å². The van der Waals surface area contributed by atoms with Gasteiger partial charge >= 0.3 is 0 Å². The molecule has 244 valence electrons. The molecule has 0 fully saturated rings. The fourth-order valence-electron chi connectivity index (χ4n) is 6.28. The number of hydrogen-bond acceptors (Lipinski definition) is 3. The number of carbonyl (C=O) groups excluding carboxylic acids is 1. The van der Waals surface area contributed by atoms with Crippen LogP contribution in [-0.2, 0) is 6.42 Å². The lowest BCUT2D eigenvalue weighted by Crippen LogP contribution is -2.27. The van der Waals surface area contributed by atoms with Gasteiger partial charge in [0.05, 0.1) is 0 Å². The zero-order chi connectivity index (χ0) is 32.6. The number of rotatable bonds is 12. The predicted octanol–water partition coefficient (Wildman–Crippen LogP) is 8.30. The summed E-state index contributed by atoms with van der Waals surface area (Å²) in [5.74, 6) is 0.684. The van der Waals surface area contributed by atoms with Gasteiger partial charge in [-0.25, -0.2) is 0 Å². The second kappa shape index (κ2) is 19.1. The lowest BCUT2D eigenvalue weighted by molar-refractivity contribution is 0.0951. The van der Waals surface area contributed by atoms with E-state index in [2.05, 4.69) is 106 Å². The van der Waals surface area contributed by atoms with Crippen LogP contribution in [0.1, 0.15) is 123 Å². The van der Waals surface area contributed by atoms with Crippen LogP contribution in [0.3, 0.4) is 0 Å². The Balaban J connectivity index is 0.00000325. The first kappa shape index (κ1) is 36.8. The van der Waals surface area contributed by atoms with E-state index in [1.165, 1.54) is 51.0 Å². The molecule has 0 unspecified atom stereocenters. The first-order valence-electron chi connectivity index (χ1n) is 17.2. The smallest absolute Gasteiger partial charge is 0.251 e. The summed E-state index contributed by atoms with van der Waals surface area (Å²) in [7, 11) is 1.50. The minimum atomic E-state index is 0. The molecule has 44 heavy (non-hydrogen) atoms. The number of carbonyl (C=O) groups is 1. The number of nitrogens with two attached hydrogens (primary N) is 1. The molecule has 1 aliphatic carbocycles. The van der Waals surface area contributed by atoms with Crippen LogP contribution in [0, 0.1) is 5.92 Å². The van der Waals surface area contributed by atoms with E-state index >= 15 is 0 Å². The Kier molecular flexibility index (Phi) is 16.0. The van der Waals surface area contributed by atoms with Crippen molar-refractivity contribution in [3.05, 3.63) is 98.9 Å². The standard InChI is InChI=1S/C37H48N2O.C2H6.CH5N.2H2/c1-7-26(8-2)20-21-38-37(40)30-15-13-14-29(23-30)36-34-18-16-28(27(9-3)10-4)22-31(34)24-32-25-33(17-19-35(32)36)39(11-5)12-6;2*1-2;;/h13-19,22-23,25-26H,7-12,20-21,24H2,1-6H3,(H,38,40);1-2H3;2H2,1H3;2*1H. The Morgan fingerprint density at radius 1 is 0.864 bits per heavy atom. The van der Waals surface area contributed by atoms with Gasteiger partial charge in [0.1, 0.15) is 0 Å². The summed E-state index contributed by atoms with van der Waals surface area (Å²) < 4.78 is 0. The lowest BCUT2D eigenvalue weighted by atomic mass is 9.82. The molecule has 3 aromatic rings. The van der Waals surface area contributed by atoms with Gasteiger partial charge in [0, 0.05) is 33.7 Å². The lowest BCUT2D eigenvalue weighted by Gasteiger charge is -2.26. The van der Waals surface area contributed by atoms with E-state index in [1.807, 2.05) is 26.0 Å². The van der Waals surface area contributed by atoms with Crippen molar-refractivity contribution in [3.63, 3.8) is 0 Å². The van der Waals surface area contributed by atoms with Gasteiger partial charge in [-0.3, -0.25) is 4.79 Å². The summed E-state index contributed by atoms with van der Waals surface area (Å²) in [6.07, 6.45) is 6.42. The van der Waals surface area contributed by atoms with Gasteiger partial charge in [0.15, 0.2) is 0 Å². The summed E-state index contributed by atoms with van der Waals surface area (Å²) in [6.45, 7) is 20.1. The van der Waals surface area contributed by atoms with Crippen LogP contribution in [0.2, 0.25) is 0 Å². The van der Waals surface area contributed by atoms with Crippen LogP contribution in [-0.4, -0.2) is 32.6 Å². The Morgan fingerprint density at radius 2 is 1.55 bits per heavy atom.